The fourth-order valence-electron chi connectivity index (χ4n) is 2.38. The molecule has 0 aliphatic heterocycles. The van der Waals surface area contributed by atoms with Crippen molar-refractivity contribution in [3.05, 3.63) is 87.6 Å². The van der Waals surface area contributed by atoms with E-state index in [2.05, 4.69) is 5.28 Å². The van der Waals surface area contributed by atoms with Crippen LogP contribution in [0.3, 0.4) is 0 Å². The lowest BCUT2D eigenvalue weighted by Crippen LogP contribution is -1.98. The molecule has 120 valence electrons. The standard InChI is InChI=1S/C17H13N3O4/c21-19(17-11-5-8-13-6-1-3-9-15(13)17)18-24-12-14-7-2-4-10-16(14)20(22)23/h1-11H,12H2/b19-18-. The molecule has 0 aliphatic rings. The summed E-state index contributed by atoms with van der Waals surface area (Å²) in [5, 5.41) is 28.2. The largest absolute Gasteiger partial charge is 0.592 e. The molecule has 0 N–H and O–H groups in total. The maximum absolute atomic E-state index is 12.2. The van der Waals surface area contributed by atoms with Crippen LogP contribution >= 0.6 is 0 Å². The summed E-state index contributed by atoms with van der Waals surface area (Å²) >= 11 is 0. The van der Waals surface area contributed by atoms with E-state index in [1.54, 1.807) is 30.3 Å². The Bertz CT molecular complexity index is 919. The second kappa shape index (κ2) is 6.74. The zero-order valence-corrected chi connectivity index (χ0v) is 12.5. The van der Waals surface area contributed by atoms with Crippen molar-refractivity contribution in [3.8, 4) is 0 Å². The van der Waals surface area contributed by atoms with Crippen LogP contribution in [-0.4, -0.2) is 9.78 Å². The number of fused-ring (bicyclic) bond motifs is 1. The minimum Gasteiger partial charge on any atom is -0.592 e. The van der Waals surface area contributed by atoms with Crippen LogP contribution in [0.1, 0.15) is 5.56 Å². The Kier molecular flexibility index (Phi) is 4.33. The Balaban J connectivity index is 1.81. The lowest BCUT2D eigenvalue weighted by atomic mass is 10.1. The van der Waals surface area contributed by atoms with Gasteiger partial charge in [-0.25, -0.2) is 0 Å². The Morgan fingerprint density at radius 3 is 2.38 bits per heavy atom. The fourth-order valence-corrected chi connectivity index (χ4v) is 2.38. The van der Waals surface area contributed by atoms with Crippen molar-refractivity contribution < 1.29 is 14.6 Å². The van der Waals surface area contributed by atoms with Gasteiger partial charge in [-0.05, 0) is 22.4 Å². The van der Waals surface area contributed by atoms with Crippen LogP contribution in [0.25, 0.3) is 10.8 Å². The lowest BCUT2D eigenvalue weighted by Gasteiger charge is -2.04. The third kappa shape index (κ3) is 3.14. The van der Waals surface area contributed by atoms with Crippen LogP contribution < -0.4 is 0 Å². The maximum atomic E-state index is 12.2. The summed E-state index contributed by atoms with van der Waals surface area (Å²) in [5.74, 6) is 0. The molecule has 24 heavy (non-hydrogen) atoms. The SMILES string of the molecule is O=[N+]([O-])c1ccccc1CO/N=[N+](\[O-])c1cccc2ccccc12. The molecule has 0 aromatic heterocycles. The van der Waals surface area contributed by atoms with Gasteiger partial charge >= 0.3 is 0 Å². The van der Waals surface area contributed by atoms with E-state index in [0.29, 0.717) is 16.1 Å². The van der Waals surface area contributed by atoms with Gasteiger partial charge in [0.25, 0.3) is 11.4 Å². The molecule has 0 atom stereocenters. The van der Waals surface area contributed by atoms with Gasteiger partial charge in [-0.1, -0.05) is 42.5 Å². The Hall–Kier alpha value is -3.48. The van der Waals surface area contributed by atoms with E-state index in [1.807, 2.05) is 30.3 Å². The summed E-state index contributed by atoms with van der Waals surface area (Å²) in [5.41, 5.74) is 0.614. The van der Waals surface area contributed by atoms with Gasteiger partial charge in [-0.15, -0.1) is 0 Å². The molecule has 3 rings (SSSR count). The third-order valence-electron chi connectivity index (χ3n) is 3.51. The van der Waals surface area contributed by atoms with Crippen LogP contribution in [0.4, 0.5) is 11.4 Å². The van der Waals surface area contributed by atoms with E-state index in [-0.39, 0.29) is 12.3 Å². The minimum absolute atomic E-state index is 0.0738. The number of nitro benzene ring substituents is 1. The highest BCUT2D eigenvalue weighted by Gasteiger charge is 2.14. The van der Waals surface area contributed by atoms with Crippen LogP contribution in [0.15, 0.2) is 72.0 Å². The molecule has 0 saturated heterocycles. The zero-order valence-electron chi connectivity index (χ0n) is 12.5. The fraction of sp³-hybridized carbons (Fsp3) is 0.0588. The van der Waals surface area contributed by atoms with Crippen molar-refractivity contribution in [1.82, 2.24) is 0 Å². The quantitative estimate of drug-likeness (QED) is 0.300. The molecule has 3 aromatic rings. The molecule has 7 heteroatoms. The van der Waals surface area contributed by atoms with Crippen molar-refractivity contribution in [2.75, 3.05) is 0 Å². The second-order valence-electron chi connectivity index (χ2n) is 5.01. The average molecular weight is 323 g/mol. The van der Waals surface area contributed by atoms with Gasteiger partial charge < -0.3 is 10.0 Å². The molecule has 0 aliphatic carbocycles. The number of hydrogen-bond donors (Lipinski definition) is 0. The third-order valence-corrected chi connectivity index (χ3v) is 3.51. The normalized spacial score (nSPS) is 11.4. The maximum Gasteiger partial charge on any atom is 0.276 e. The molecule has 0 unspecified atom stereocenters. The molecule has 0 radical (unpaired) electrons. The monoisotopic (exact) mass is 323 g/mol. The summed E-state index contributed by atoms with van der Waals surface area (Å²) in [4.78, 5) is 15.8. The summed E-state index contributed by atoms with van der Waals surface area (Å²) in [6.07, 6.45) is 0. The van der Waals surface area contributed by atoms with E-state index in [0.717, 1.165) is 10.8 Å². The smallest absolute Gasteiger partial charge is 0.276 e. The molecule has 0 bridgehead atoms. The number of nitro groups is 1. The van der Waals surface area contributed by atoms with E-state index in [9.17, 15) is 15.3 Å². The number of para-hydroxylation sites is 1. The first-order valence-electron chi connectivity index (χ1n) is 7.17. The summed E-state index contributed by atoms with van der Waals surface area (Å²) in [7, 11) is 0. The Morgan fingerprint density at radius 2 is 1.54 bits per heavy atom. The van der Waals surface area contributed by atoms with Crippen molar-refractivity contribution in [1.29, 1.82) is 0 Å². The zero-order chi connectivity index (χ0) is 16.9. The Labute approximate surface area is 137 Å². The van der Waals surface area contributed by atoms with Crippen LogP contribution in [-0.2, 0) is 11.4 Å². The number of benzene rings is 3. The van der Waals surface area contributed by atoms with E-state index in [1.165, 1.54) is 6.07 Å². The summed E-state index contributed by atoms with van der Waals surface area (Å²) < 4.78 is 0. The molecular weight excluding hydrogens is 310 g/mol. The lowest BCUT2D eigenvalue weighted by molar-refractivity contribution is -0.478. The van der Waals surface area contributed by atoms with Crippen molar-refractivity contribution in [2.24, 2.45) is 5.28 Å². The van der Waals surface area contributed by atoms with Gasteiger partial charge in [-0.3, -0.25) is 10.1 Å². The van der Waals surface area contributed by atoms with Crippen LogP contribution in [0, 0.1) is 15.3 Å². The number of hydrogen-bond acceptors (Lipinski definition) is 5. The molecule has 7 nitrogen and oxygen atoms in total. The van der Waals surface area contributed by atoms with Gasteiger partial charge in [0.2, 0.25) is 5.28 Å². The highest BCUT2D eigenvalue weighted by molar-refractivity contribution is 5.90. The first kappa shape index (κ1) is 15.4. The predicted molar refractivity (Wildman–Crippen MR) is 87.5 cm³/mol. The molecule has 0 heterocycles. The molecule has 3 aromatic carbocycles. The molecule has 0 spiro atoms. The minimum atomic E-state index is -0.502. The van der Waals surface area contributed by atoms with Gasteiger partial charge in [0.1, 0.15) is 0 Å². The Morgan fingerprint density at radius 1 is 0.875 bits per heavy atom. The first-order valence-corrected chi connectivity index (χ1v) is 7.17. The average Bonchev–Trinajstić information content (AvgIpc) is 2.61. The van der Waals surface area contributed by atoms with Crippen LogP contribution in [0.5, 0.6) is 0 Å². The topological polar surface area (TPSA) is 90.8 Å². The van der Waals surface area contributed by atoms with Crippen molar-refractivity contribution >= 4 is 22.1 Å². The van der Waals surface area contributed by atoms with E-state index < -0.39 is 4.92 Å². The van der Waals surface area contributed by atoms with Gasteiger partial charge in [0.05, 0.1) is 15.9 Å². The summed E-state index contributed by atoms with van der Waals surface area (Å²) in [6, 6.07) is 18.8. The van der Waals surface area contributed by atoms with E-state index >= 15 is 0 Å². The molecular formula is C17H13N3O4. The second-order valence-corrected chi connectivity index (χ2v) is 5.01. The van der Waals surface area contributed by atoms with Gasteiger partial charge in [-0.2, -0.15) is 0 Å². The molecule has 0 fully saturated rings. The predicted octanol–water partition coefficient (Wildman–Crippen LogP) is 4.47. The highest BCUT2D eigenvalue weighted by Crippen LogP contribution is 2.25. The highest BCUT2D eigenvalue weighted by atomic mass is 16.7. The van der Waals surface area contributed by atoms with E-state index in [4.69, 9.17) is 4.84 Å². The van der Waals surface area contributed by atoms with Crippen LogP contribution in [0.2, 0.25) is 0 Å². The molecule has 0 saturated carbocycles. The van der Waals surface area contributed by atoms with Crippen molar-refractivity contribution in [3.63, 3.8) is 0 Å². The van der Waals surface area contributed by atoms with Gasteiger partial charge in [0, 0.05) is 12.1 Å². The van der Waals surface area contributed by atoms with Gasteiger partial charge in [0.15, 0.2) is 6.61 Å². The number of rotatable bonds is 5. The molecule has 0 amide bonds. The van der Waals surface area contributed by atoms with Crippen molar-refractivity contribution in [2.45, 2.75) is 6.61 Å². The first-order chi connectivity index (χ1) is 11.7. The summed E-state index contributed by atoms with van der Waals surface area (Å²) in [6.45, 7) is -0.166. The number of nitrogens with zero attached hydrogens (tertiary/aromatic N) is 3.